The molecule has 4 N–H and O–H groups in total. The van der Waals surface area contributed by atoms with E-state index in [-0.39, 0.29) is 22.8 Å². The van der Waals surface area contributed by atoms with Gasteiger partial charge in [0.05, 0.1) is 16.0 Å². The molecule has 0 radical (unpaired) electrons. The van der Waals surface area contributed by atoms with E-state index >= 15 is 0 Å². The number of nitrogens with two attached hydrogens (primary N) is 1. The second kappa shape index (κ2) is 6.63. The Morgan fingerprint density at radius 1 is 1.07 bits per heavy atom. The molecule has 0 aliphatic heterocycles. The molecule has 0 atom stereocenters. The van der Waals surface area contributed by atoms with Crippen LogP contribution in [0.1, 0.15) is 0 Å². The van der Waals surface area contributed by atoms with E-state index in [1.54, 1.807) is 18.2 Å². The van der Waals surface area contributed by atoms with Gasteiger partial charge in [-0.15, -0.1) is 10.2 Å². The van der Waals surface area contributed by atoms with Crippen LogP contribution in [0.3, 0.4) is 0 Å². The van der Waals surface area contributed by atoms with Crippen LogP contribution in [-0.2, 0) is 10.1 Å². The Hall–Kier alpha value is -3.57. The molecule has 0 aromatic heterocycles. The van der Waals surface area contributed by atoms with Crippen molar-refractivity contribution in [1.82, 2.24) is 0 Å². The topological polar surface area (TPSA) is 168 Å². The number of benzene rings is 3. The zero-order valence-electron chi connectivity index (χ0n) is 13.5. The zero-order valence-corrected chi connectivity index (χ0v) is 14.3. The molecule has 0 saturated carbocycles. The lowest BCUT2D eigenvalue weighted by Gasteiger charge is -2.07. The summed E-state index contributed by atoms with van der Waals surface area (Å²) in [5.41, 5.74) is 5.28. The number of nitrogen functional groups attached to an aromatic ring is 1. The minimum atomic E-state index is -4.79. The summed E-state index contributed by atoms with van der Waals surface area (Å²) in [5, 5.41) is 29.5. The Bertz CT molecular complexity index is 1210. The van der Waals surface area contributed by atoms with E-state index in [9.17, 15) is 28.2 Å². The first kappa shape index (κ1) is 18.2. The molecule has 0 bridgehead atoms. The van der Waals surface area contributed by atoms with Crippen molar-refractivity contribution in [3.63, 3.8) is 0 Å². The number of hydrogen-bond donors (Lipinski definition) is 3. The normalized spacial score (nSPS) is 11.9. The van der Waals surface area contributed by atoms with Gasteiger partial charge in [-0.3, -0.25) is 14.7 Å². The maximum Gasteiger partial charge on any atom is 0.297 e. The van der Waals surface area contributed by atoms with E-state index in [0.717, 1.165) is 12.1 Å². The first-order valence-electron chi connectivity index (χ1n) is 7.36. The predicted octanol–water partition coefficient (Wildman–Crippen LogP) is 3.70. The molecule has 0 heterocycles. The zero-order chi connectivity index (χ0) is 19.8. The Labute approximate surface area is 152 Å². The van der Waals surface area contributed by atoms with Crippen molar-refractivity contribution in [3.05, 3.63) is 58.6 Å². The monoisotopic (exact) mass is 388 g/mol. The quantitative estimate of drug-likeness (QED) is 0.201. The third kappa shape index (κ3) is 3.54. The highest BCUT2D eigenvalue weighted by Crippen LogP contribution is 2.39. The standard InChI is InChI=1S/C16H12N4O6S/c17-11-6-4-9-2-1-3-13(21)15(9)16(11)19-18-12-7-5-10(20(22)23)8-14(12)27(24,25)26/h1-8,21H,17H2,(H,24,25,26). The molecule has 10 nitrogen and oxygen atoms in total. The van der Waals surface area contributed by atoms with Crippen LogP contribution < -0.4 is 5.73 Å². The molecule has 3 aromatic rings. The number of nitrogens with zero attached hydrogens (tertiary/aromatic N) is 3. The van der Waals surface area contributed by atoms with Crippen molar-refractivity contribution in [2.24, 2.45) is 10.2 Å². The fourth-order valence-electron chi connectivity index (χ4n) is 2.47. The number of anilines is 1. The third-order valence-electron chi connectivity index (χ3n) is 3.72. The molecule has 0 unspecified atom stereocenters. The van der Waals surface area contributed by atoms with E-state index < -0.39 is 25.6 Å². The van der Waals surface area contributed by atoms with Gasteiger partial charge >= 0.3 is 0 Å². The van der Waals surface area contributed by atoms with E-state index in [4.69, 9.17) is 5.73 Å². The number of non-ortho nitro benzene ring substituents is 1. The lowest BCUT2D eigenvalue weighted by molar-refractivity contribution is -0.385. The fourth-order valence-corrected chi connectivity index (χ4v) is 3.12. The summed E-state index contributed by atoms with van der Waals surface area (Å²) in [4.78, 5) is 9.25. The molecule has 0 aliphatic carbocycles. The smallest absolute Gasteiger partial charge is 0.297 e. The summed E-state index contributed by atoms with van der Waals surface area (Å²) in [5.74, 6) is -0.104. The van der Waals surface area contributed by atoms with Gasteiger partial charge in [-0.2, -0.15) is 8.42 Å². The minimum Gasteiger partial charge on any atom is -0.507 e. The highest BCUT2D eigenvalue weighted by atomic mass is 32.2. The van der Waals surface area contributed by atoms with Crippen LogP contribution in [-0.4, -0.2) is 23.0 Å². The number of nitro groups is 1. The highest BCUT2D eigenvalue weighted by molar-refractivity contribution is 7.86. The van der Waals surface area contributed by atoms with Crippen molar-refractivity contribution in [3.8, 4) is 5.75 Å². The van der Waals surface area contributed by atoms with Crippen LogP contribution in [0.15, 0.2) is 63.7 Å². The van der Waals surface area contributed by atoms with Crippen LogP contribution in [0.25, 0.3) is 10.8 Å². The van der Waals surface area contributed by atoms with E-state index in [1.807, 2.05) is 0 Å². The molecule has 138 valence electrons. The van der Waals surface area contributed by atoms with Gasteiger partial charge in [0.15, 0.2) is 0 Å². The van der Waals surface area contributed by atoms with Crippen LogP contribution in [0, 0.1) is 10.1 Å². The lowest BCUT2D eigenvalue weighted by atomic mass is 10.1. The number of nitro benzene ring substituents is 1. The maximum atomic E-state index is 11.5. The number of rotatable bonds is 4. The van der Waals surface area contributed by atoms with Gasteiger partial charge in [0.1, 0.15) is 22.0 Å². The summed E-state index contributed by atoms with van der Waals surface area (Å²) < 4.78 is 32.4. The average Bonchev–Trinajstić information content (AvgIpc) is 2.60. The van der Waals surface area contributed by atoms with Crippen molar-refractivity contribution < 1.29 is 23.0 Å². The summed E-state index contributed by atoms with van der Waals surface area (Å²) in [6.45, 7) is 0. The number of phenols is 1. The second-order valence-electron chi connectivity index (χ2n) is 5.46. The van der Waals surface area contributed by atoms with Gasteiger partial charge in [-0.1, -0.05) is 18.2 Å². The number of phenolic OH excluding ortho intramolecular Hbond substituents is 1. The van der Waals surface area contributed by atoms with E-state index in [0.29, 0.717) is 16.8 Å². The van der Waals surface area contributed by atoms with Gasteiger partial charge in [0.25, 0.3) is 15.8 Å². The molecule has 3 rings (SSSR count). The molecule has 11 heteroatoms. The molecule has 27 heavy (non-hydrogen) atoms. The predicted molar refractivity (Wildman–Crippen MR) is 97.1 cm³/mol. The Balaban J connectivity index is 2.19. The Morgan fingerprint density at radius 3 is 2.48 bits per heavy atom. The van der Waals surface area contributed by atoms with E-state index in [1.165, 1.54) is 12.1 Å². The Kier molecular flexibility index (Phi) is 4.47. The van der Waals surface area contributed by atoms with Crippen LogP contribution >= 0.6 is 0 Å². The highest BCUT2D eigenvalue weighted by Gasteiger charge is 2.20. The molecule has 0 aliphatic rings. The SMILES string of the molecule is Nc1ccc2cccc(O)c2c1N=Nc1ccc([N+](=O)[O-])cc1S(=O)(=O)O. The first-order valence-corrected chi connectivity index (χ1v) is 8.80. The fraction of sp³-hybridized carbons (Fsp3) is 0. The summed E-state index contributed by atoms with van der Waals surface area (Å²) >= 11 is 0. The maximum absolute atomic E-state index is 11.5. The van der Waals surface area contributed by atoms with Crippen molar-refractivity contribution >= 4 is 43.6 Å². The third-order valence-corrected chi connectivity index (χ3v) is 4.60. The van der Waals surface area contributed by atoms with Crippen molar-refractivity contribution in [2.75, 3.05) is 5.73 Å². The first-order chi connectivity index (χ1) is 12.7. The summed E-state index contributed by atoms with van der Waals surface area (Å²) in [7, 11) is -4.79. The van der Waals surface area contributed by atoms with Crippen LogP contribution in [0.2, 0.25) is 0 Å². The second-order valence-corrected chi connectivity index (χ2v) is 6.85. The number of hydrogen-bond acceptors (Lipinski definition) is 8. The summed E-state index contributed by atoms with van der Waals surface area (Å²) in [6, 6.07) is 10.7. The molecule has 0 fully saturated rings. The molecule has 3 aromatic carbocycles. The molecule has 0 spiro atoms. The van der Waals surface area contributed by atoms with Crippen LogP contribution in [0.4, 0.5) is 22.7 Å². The van der Waals surface area contributed by atoms with Gasteiger partial charge in [-0.25, -0.2) is 0 Å². The number of azo groups is 1. The van der Waals surface area contributed by atoms with Gasteiger partial charge in [0, 0.05) is 12.1 Å². The Morgan fingerprint density at radius 2 is 1.81 bits per heavy atom. The number of fused-ring (bicyclic) bond motifs is 1. The lowest BCUT2D eigenvalue weighted by Crippen LogP contribution is -2.00. The minimum absolute atomic E-state index is 0.0882. The largest absolute Gasteiger partial charge is 0.507 e. The van der Waals surface area contributed by atoms with E-state index in [2.05, 4.69) is 10.2 Å². The molecule has 0 saturated heterocycles. The molecule has 0 amide bonds. The average molecular weight is 388 g/mol. The van der Waals surface area contributed by atoms with Crippen molar-refractivity contribution in [2.45, 2.75) is 4.90 Å². The van der Waals surface area contributed by atoms with Gasteiger partial charge < -0.3 is 10.8 Å². The van der Waals surface area contributed by atoms with Crippen LogP contribution in [0.5, 0.6) is 5.75 Å². The van der Waals surface area contributed by atoms with Gasteiger partial charge in [-0.05, 0) is 23.6 Å². The molecular formula is C16H12N4O6S. The summed E-state index contributed by atoms with van der Waals surface area (Å²) in [6.07, 6.45) is 0. The van der Waals surface area contributed by atoms with Crippen molar-refractivity contribution in [1.29, 1.82) is 0 Å². The van der Waals surface area contributed by atoms with Gasteiger partial charge in [0.2, 0.25) is 0 Å². The molecular weight excluding hydrogens is 376 g/mol. The number of aromatic hydroxyl groups is 1.